The van der Waals surface area contributed by atoms with Gasteiger partial charge in [-0.3, -0.25) is 4.55 Å². The van der Waals surface area contributed by atoms with Crippen LogP contribution in [0.2, 0.25) is 0 Å². The van der Waals surface area contributed by atoms with Crippen molar-refractivity contribution < 1.29 is 13.0 Å². The van der Waals surface area contributed by atoms with Crippen molar-refractivity contribution >= 4 is 21.9 Å². The van der Waals surface area contributed by atoms with Crippen molar-refractivity contribution in [3.8, 4) is 0 Å². The van der Waals surface area contributed by atoms with Gasteiger partial charge in [-0.15, -0.1) is 18.3 Å². The summed E-state index contributed by atoms with van der Waals surface area (Å²) in [6.07, 6.45) is 1.58. The Kier molecular flexibility index (Phi) is 3.92. The fraction of sp³-hybridized carbons (Fsp3) is 0.500. The lowest BCUT2D eigenvalue weighted by Crippen LogP contribution is -1.99. The fourth-order valence-corrected chi connectivity index (χ4v) is 1.63. The van der Waals surface area contributed by atoms with Gasteiger partial charge in [0.1, 0.15) is 5.08 Å². The second-order valence-electron chi connectivity index (χ2n) is 1.36. The zero-order valence-corrected chi connectivity index (χ0v) is 6.41. The molecule has 0 amide bonds. The van der Waals surface area contributed by atoms with Crippen molar-refractivity contribution in [2.45, 2.75) is 0 Å². The van der Waals surface area contributed by atoms with Gasteiger partial charge in [-0.05, 0) is 0 Å². The first kappa shape index (κ1) is 9.00. The molecule has 0 atom stereocenters. The molecule has 54 valence electrons. The summed E-state index contributed by atoms with van der Waals surface area (Å²) in [5.41, 5.74) is 0. The van der Waals surface area contributed by atoms with Crippen LogP contribution in [0.15, 0.2) is 12.7 Å². The highest BCUT2D eigenvalue weighted by Gasteiger charge is 2.01. The van der Waals surface area contributed by atoms with Crippen molar-refractivity contribution in [2.75, 3.05) is 10.8 Å². The van der Waals surface area contributed by atoms with E-state index < -0.39 is 10.1 Å². The number of hydrogen-bond acceptors (Lipinski definition) is 3. The van der Waals surface area contributed by atoms with Crippen LogP contribution < -0.4 is 0 Å². The van der Waals surface area contributed by atoms with E-state index in [4.69, 9.17) is 4.55 Å². The molecule has 0 fully saturated rings. The summed E-state index contributed by atoms with van der Waals surface area (Å²) < 4.78 is 28.2. The van der Waals surface area contributed by atoms with Crippen molar-refractivity contribution in [2.24, 2.45) is 0 Å². The molecule has 0 saturated heterocycles. The van der Waals surface area contributed by atoms with Crippen LogP contribution in [0.5, 0.6) is 0 Å². The molecule has 0 aliphatic rings. The topological polar surface area (TPSA) is 54.4 Å². The quantitative estimate of drug-likeness (QED) is 0.382. The van der Waals surface area contributed by atoms with Gasteiger partial charge in [-0.2, -0.15) is 8.42 Å². The third-order valence-corrected chi connectivity index (χ3v) is 2.80. The maximum absolute atomic E-state index is 10.0. The highest BCUT2D eigenvalue weighted by atomic mass is 32.3. The van der Waals surface area contributed by atoms with Gasteiger partial charge >= 0.3 is 0 Å². The molecule has 0 aromatic carbocycles. The first-order valence-corrected chi connectivity index (χ1v) is 4.96. The summed E-state index contributed by atoms with van der Waals surface area (Å²) in [6.45, 7) is 3.38. The van der Waals surface area contributed by atoms with Gasteiger partial charge < -0.3 is 0 Å². The van der Waals surface area contributed by atoms with Crippen LogP contribution >= 0.6 is 11.8 Å². The molecule has 9 heavy (non-hydrogen) atoms. The molecule has 0 aromatic rings. The van der Waals surface area contributed by atoms with E-state index in [2.05, 4.69) is 6.58 Å². The third-order valence-electron chi connectivity index (χ3n) is 0.468. The summed E-state index contributed by atoms with van der Waals surface area (Å²) >= 11 is 1.10. The first-order valence-electron chi connectivity index (χ1n) is 2.20. The maximum Gasteiger partial charge on any atom is 0.274 e. The molecule has 0 saturated carbocycles. The molecule has 5 heteroatoms. The van der Waals surface area contributed by atoms with Gasteiger partial charge in [0.2, 0.25) is 0 Å². The molecule has 0 rings (SSSR count). The molecular formula is C4H8O3S2. The lowest BCUT2D eigenvalue weighted by Gasteiger charge is -1.91. The molecule has 0 aliphatic heterocycles. The Morgan fingerprint density at radius 1 is 1.67 bits per heavy atom. The average Bonchev–Trinajstić information content (AvgIpc) is 1.63. The predicted octanol–water partition coefficient (Wildman–Crippen LogP) is 0.751. The first-order chi connectivity index (χ1) is 4.06. The number of rotatable bonds is 4. The van der Waals surface area contributed by atoms with E-state index in [-0.39, 0.29) is 5.08 Å². The van der Waals surface area contributed by atoms with Gasteiger partial charge in [-0.1, -0.05) is 6.08 Å². The maximum atomic E-state index is 10.0. The van der Waals surface area contributed by atoms with Gasteiger partial charge in [-0.25, -0.2) is 0 Å². The summed E-state index contributed by atoms with van der Waals surface area (Å²) in [5, 5.41) is -0.251. The smallest absolute Gasteiger partial charge is 0.274 e. The van der Waals surface area contributed by atoms with Crippen LogP contribution in [0.4, 0.5) is 0 Å². The summed E-state index contributed by atoms with van der Waals surface area (Å²) in [6, 6.07) is 0. The Balaban J connectivity index is 3.40. The summed E-state index contributed by atoms with van der Waals surface area (Å²) in [5.74, 6) is 0.541. The second-order valence-corrected chi connectivity index (χ2v) is 4.21. The van der Waals surface area contributed by atoms with Crippen LogP contribution in [-0.4, -0.2) is 23.8 Å². The molecule has 1 N–H and O–H groups in total. The minimum Gasteiger partial charge on any atom is -0.285 e. The standard InChI is InChI=1S/C4H8O3S2/c1-2-3-8-4-9(5,6)7/h2H,1,3-4H2,(H,5,6,7). The molecule has 0 spiro atoms. The van der Waals surface area contributed by atoms with E-state index in [1.807, 2.05) is 0 Å². The molecule has 0 radical (unpaired) electrons. The number of thioether (sulfide) groups is 1. The van der Waals surface area contributed by atoms with Crippen molar-refractivity contribution in [3.05, 3.63) is 12.7 Å². The monoisotopic (exact) mass is 168 g/mol. The number of hydrogen-bond donors (Lipinski definition) is 1. The Morgan fingerprint density at radius 2 is 2.22 bits per heavy atom. The van der Waals surface area contributed by atoms with Gasteiger partial charge in [0.15, 0.2) is 0 Å². The molecule has 0 aromatic heterocycles. The fourth-order valence-electron chi connectivity index (χ4n) is 0.237. The van der Waals surface area contributed by atoms with Crippen molar-refractivity contribution in [3.63, 3.8) is 0 Å². The van der Waals surface area contributed by atoms with E-state index >= 15 is 0 Å². The van der Waals surface area contributed by atoms with Crippen molar-refractivity contribution in [1.29, 1.82) is 0 Å². The Hall–Kier alpha value is -0.0000000000000000763. The Morgan fingerprint density at radius 3 is 2.56 bits per heavy atom. The van der Waals surface area contributed by atoms with Gasteiger partial charge in [0.25, 0.3) is 10.1 Å². The molecule has 0 heterocycles. The average molecular weight is 168 g/mol. The molecule has 0 bridgehead atoms. The SMILES string of the molecule is C=CCSCS(=O)(=O)O. The van der Waals surface area contributed by atoms with Crippen LogP contribution in [0.25, 0.3) is 0 Å². The second kappa shape index (κ2) is 3.92. The predicted molar refractivity (Wildman–Crippen MR) is 39.1 cm³/mol. The van der Waals surface area contributed by atoms with Crippen LogP contribution in [0.3, 0.4) is 0 Å². The lowest BCUT2D eigenvalue weighted by atomic mass is 10.8. The van der Waals surface area contributed by atoms with Crippen LogP contribution in [-0.2, 0) is 10.1 Å². The van der Waals surface area contributed by atoms with Gasteiger partial charge in [0, 0.05) is 5.75 Å². The lowest BCUT2D eigenvalue weighted by molar-refractivity contribution is 0.489. The normalized spacial score (nSPS) is 11.2. The van der Waals surface area contributed by atoms with E-state index in [1.165, 1.54) is 0 Å². The highest BCUT2D eigenvalue weighted by molar-refractivity contribution is 8.10. The van der Waals surface area contributed by atoms with E-state index in [0.29, 0.717) is 5.75 Å². The molecule has 0 aliphatic carbocycles. The minimum atomic E-state index is -3.78. The minimum absolute atomic E-state index is 0.251. The molecule has 3 nitrogen and oxygen atoms in total. The Labute approximate surface area is 58.9 Å². The van der Waals surface area contributed by atoms with E-state index in [9.17, 15) is 8.42 Å². The largest absolute Gasteiger partial charge is 0.285 e. The molecule has 0 unspecified atom stereocenters. The van der Waals surface area contributed by atoms with Crippen LogP contribution in [0.1, 0.15) is 0 Å². The zero-order chi connectivity index (χ0) is 7.33. The third kappa shape index (κ3) is 8.00. The molecular weight excluding hydrogens is 160 g/mol. The van der Waals surface area contributed by atoms with Gasteiger partial charge in [0.05, 0.1) is 0 Å². The zero-order valence-electron chi connectivity index (χ0n) is 4.78. The Bertz CT molecular complexity index is 170. The summed E-state index contributed by atoms with van der Waals surface area (Å²) in [4.78, 5) is 0. The van der Waals surface area contributed by atoms with E-state index in [0.717, 1.165) is 11.8 Å². The van der Waals surface area contributed by atoms with Crippen LogP contribution in [0, 0.1) is 0 Å². The summed E-state index contributed by atoms with van der Waals surface area (Å²) in [7, 11) is -3.78. The highest BCUT2D eigenvalue weighted by Crippen LogP contribution is 2.02. The van der Waals surface area contributed by atoms with E-state index in [1.54, 1.807) is 6.08 Å². The van der Waals surface area contributed by atoms with Crippen molar-refractivity contribution in [1.82, 2.24) is 0 Å².